The van der Waals surface area contributed by atoms with Crippen LogP contribution in [0.15, 0.2) is 36.5 Å². The van der Waals surface area contributed by atoms with Gasteiger partial charge in [0.2, 0.25) is 0 Å². The summed E-state index contributed by atoms with van der Waals surface area (Å²) in [7, 11) is 0. The van der Waals surface area contributed by atoms with Crippen LogP contribution in [0.3, 0.4) is 0 Å². The highest BCUT2D eigenvalue weighted by molar-refractivity contribution is 6.30. The molecule has 2 N–H and O–H groups in total. The fourth-order valence-corrected chi connectivity index (χ4v) is 5.09. The Morgan fingerprint density at radius 2 is 1.97 bits per heavy atom. The Morgan fingerprint density at radius 3 is 2.62 bits per heavy atom. The number of hydrogen-bond acceptors (Lipinski definition) is 5. The minimum Gasteiger partial charge on any atom is -0.484 e. The number of benzene rings is 1. The van der Waals surface area contributed by atoms with Crippen molar-refractivity contribution in [2.24, 2.45) is 0 Å². The van der Waals surface area contributed by atoms with Crippen molar-refractivity contribution >= 4 is 23.4 Å². The Kier molecular flexibility index (Phi) is 5.29. The third-order valence-corrected chi connectivity index (χ3v) is 6.70. The monoisotopic (exact) mass is 459 g/mol. The van der Waals surface area contributed by atoms with Crippen LogP contribution in [0.5, 0.6) is 5.75 Å². The number of nitrogens with zero attached hydrogens (tertiary/aromatic N) is 1. The number of nitrogens with one attached hydrogen (secondary N) is 2. The molecule has 0 spiro atoms. The predicted octanol–water partition coefficient (Wildman–Crippen LogP) is 3.33. The smallest absolute Gasteiger partial charge is 0.270 e. The minimum atomic E-state index is -0.599. The van der Waals surface area contributed by atoms with E-state index in [0.29, 0.717) is 25.0 Å². The van der Waals surface area contributed by atoms with Crippen LogP contribution in [-0.2, 0) is 9.53 Å². The zero-order valence-corrected chi connectivity index (χ0v) is 18.1. The van der Waals surface area contributed by atoms with Crippen LogP contribution in [0.2, 0.25) is 5.02 Å². The fourth-order valence-electron chi connectivity index (χ4n) is 4.98. The van der Waals surface area contributed by atoms with E-state index in [1.807, 2.05) is 6.07 Å². The zero-order valence-electron chi connectivity index (χ0n) is 17.3. The lowest BCUT2D eigenvalue weighted by Gasteiger charge is -2.70. The topological polar surface area (TPSA) is 89.6 Å². The summed E-state index contributed by atoms with van der Waals surface area (Å²) in [6.45, 7) is 0.544. The molecule has 1 aromatic carbocycles. The van der Waals surface area contributed by atoms with E-state index in [-0.39, 0.29) is 46.4 Å². The molecular formula is C23H23ClFN3O4. The molecule has 1 aliphatic heterocycles. The molecular weight excluding hydrogens is 437 g/mol. The van der Waals surface area contributed by atoms with E-state index < -0.39 is 5.82 Å². The molecule has 3 saturated carbocycles. The first-order valence-electron chi connectivity index (χ1n) is 10.6. The van der Waals surface area contributed by atoms with Gasteiger partial charge < -0.3 is 20.1 Å². The third kappa shape index (κ3) is 4.04. The number of amides is 2. The van der Waals surface area contributed by atoms with E-state index in [0.717, 1.165) is 31.1 Å². The average molecular weight is 460 g/mol. The molecule has 1 atom stereocenters. The normalized spacial score (nSPS) is 27.8. The van der Waals surface area contributed by atoms with Crippen molar-refractivity contribution in [2.75, 3.05) is 13.2 Å². The van der Waals surface area contributed by atoms with Gasteiger partial charge in [0, 0.05) is 29.9 Å². The molecule has 168 valence electrons. The Hall–Kier alpha value is -2.71. The van der Waals surface area contributed by atoms with Crippen molar-refractivity contribution in [3.05, 3.63) is 58.6 Å². The molecule has 1 aromatic heterocycles. The summed E-state index contributed by atoms with van der Waals surface area (Å²) in [4.78, 5) is 29.1. The van der Waals surface area contributed by atoms with E-state index in [1.165, 1.54) is 12.1 Å². The number of carbonyl (C=O) groups is 2. The number of ether oxygens (including phenoxy) is 2. The number of aromatic nitrogens is 1. The van der Waals surface area contributed by atoms with Gasteiger partial charge in [-0.05, 0) is 55.9 Å². The van der Waals surface area contributed by atoms with E-state index >= 15 is 0 Å². The maximum absolute atomic E-state index is 13.4. The molecule has 4 aliphatic rings. The molecule has 4 fully saturated rings. The van der Waals surface area contributed by atoms with Crippen LogP contribution in [0, 0.1) is 5.82 Å². The Bertz CT molecular complexity index is 1040. The highest BCUT2D eigenvalue weighted by atomic mass is 35.5. The van der Waals surface area contributed by atoms with Crippen molar-refractivity contribution in [2.45, 2.75) is 49.3 Å². The second-order valence-corrected chi connectivity index (χ2v) is 9.34. The summed E-state index contributed by atoms with van der Waals surface area (Å²) in [5.74, 6) is -0.859. The van der Waals surface area contributed by atoms with E-state index in [4.69, 9.17) is 21.1 Å². The fraction of sp³-hybridized carbons (Fsp3) is 0.435. The Labute approximate surface area is 189 Å². The summed E-state index contributed by atoms with van der Waals surface area (Å²) < 4.78 is 24.4. The molecule has 32 heavy (non-hydrogen) atoms. The van der Waals surface area contributed by atoms with Crippen molar-refractivity contribution in [1.82, 2.24) is 15.6 Å². The summed E-state index contributed by atoms with van der Waals surface area (Å²) in [5, 5.41) is 6.03. The van der Waals surface area contributed by atoms with E-state index in [9.17, 15) is 14.0 Å². The lowest BCUT2D eigenvalue weighted by atomic mass is 9.44. The molecule has 1 unspecified atom stereocenters. The van der Waals surface area contributed by atoms with Crippen molar-refractivity contribution in [3.63, 3.8) is 0 Å². The molecule has 2 bridgehead atoms. The lowest BCUT2D eigenvalue weighted by Crippen LogP contribution is -2.84. The highest BCUT2D eigenvalue weighted by Gasteiger charge is 2.69. The van der Waals surface area contributed by atoms with Gasteiger partial charge in [0.25, 0.3) is 11.8 Å². The predicted molar refractivity (Wildman–Crippen MR) is 114 cm³/mol. The number of pyridine rings is 1. The Morgan fingerprint density at radius 1 is 1.19 bits per heavy atom. The summed E-state index contributed by atoms with van der Waals surface area (Å²) in [6, 6.07) is 7.65. The minimum absolute atomic E-state index is 0.00279. The molecule has 6 rings (SSSR count). The van der Waals surface area contributed by atoms with E-state index in [2.05, 4.69) is 15.6 Å². The number of halogens is 2. The van der Waals surface area contributed by atoms with Gasteiger partial charge in [-0.15, -0.1) is 0 Å². The molecule has 2 heterocycles. The average Bonchev–Trinajstić information content (AvgIpc) is 3.27. The van der Waals surface area contributed by atoms with Crippen LogP contribution in [0.1, 0.15) is 54.3 Å². The maximum Gasteiger partial charge on any atom is 0.270 e. The van der Waals surface area contributed by atoms with Crippen LogP contribution in [0.25, 0.3) is 0 Å². The van der Waals surface area contributed by atoms with Gasteiger partial charge in [0.15, 0.2) is 6.61 Å². The summed E-state index contributed by atoms with van der Waals surface area (Å²) >= 11 is 5.64. The summed E-state index contributed by atoms with van der Waals surface area (Å²) in [6.07, 6.45) is 5.80. The number of rotatable bonds is 7. The number of hydrogen-bond donors (Lipinski definition) is 2. The Balaban J connectivity index is 1.08. The van der Waals surface area contributed by atoms with Gasteiger partial charge in [-0.2, -0.15) is 0 Å². The lowest BCUT2D eigenvalue weighted by molar-refractivity contribution is -0.141. The maximum atomic E-state index is 13.4. The zero-order chi connectivity index (χ0) is 22.3. The molecule has 2 amide bonds. The first-order valence-corrected chi connectivity index (χ1v) is 11.0. The SMILES string of the molecule is O=C(COc1ccc(Cl)c(F)c1)NC12CC(NC(=O)c3ccc(C4CCCO4)cn3)(C1)C2. The largest absolute Gasteiger partial charge is 0.484 e. The van der Waals surface area contributed by atoms with Gasteiger partial charge in [0.1, 0.15) is 17.3 Å². The summed E-state index contributed by atoms with van der Waals surface area (Å²) in [5.41, 5.74) is 0.767. The molecule has 7 nitrogen and oxygen atoms in total. The van der Waals surface area contributed by atoms with Crippen molar-refractivity contribution < 1.29 is 23.5 Å². The highest BCUT2D eigenvalue weighted by Crippen LogP contribution is 2.60. The second kappa shape index (κ2) is 8.01. The quantitative estimate of drug-likeness (QED) is 0.663. The van der Waals surface area contributed by atoms with Crippen molar-refractivity contribution in [1.29, 1.82) is 0 Å². The molecule has 2 aromatic rings. The second-order valence-electron chi connectivity index (χ2n) is 8.94. The molecule has 3 aliphatic carbocycles. The molecule has 1 saturated heterocycles. The van der Waals surface area contributed by atoms with Gasteiger partial charge in [0.05, 0.1) is 11.1 Å². The number of carbonyl (C=O) groups excluding carboxylic acids is 2. The van der Waals surface area contributed by atoms with Crippen LogP contribution < -0.4 is 15.4 Å². The van der Waals surface area contributed by atoms with Crippen LogP contribution in [0.4, 0.5) is 4.39 Å². The molecule has 0 radical (unpaired) electrons. The van der Waals surface area contributed by atoms with Crippen molar-refractivity contribution in [3.8, 4) is 5.75 Å². The van der Waals surface area contributed by atoms with Gasteiger partial charge in [-0.3, -0.25) is 14.6 Å². The van der Waals surface area contributed by atoms with E-state index in [1.54, 1.807) is 12.3 Å². The molecule has 9 heteroatoms. The van der Waals surface area contributed by atoms with Crippen LogP contribution in [-0.4, -0.2) is 41.1 Å². The van der Waals surface area contributed by atoms with Gasteiger partial charge >= 0.3 is 0 Å². The first kappa shape index (κ1) is 21.2. The third-order valence-electron chi connectivity index (χ3n) is 6.40. The standard InChI is InChI=1S/C23H23ClFN3O4/c24-16-5-4-15(8-17(16)25)32-10-20(29)27-22-11-23(12-22,13-22)28-21(30)18-6-3-14(9-26-18)19-2-1-7-31-19/h3-6,8-9,19H,1-2,7,10-13H2,(H,27,29)(H,28,30). The van der Waals surface area contributed by atoms with Gasteiger partial charge in [-0.25, -0.2) is 4.39 Å². The first-order chi connectivity index (χ1) is 15.4. The van der Waals surface area contributed by atoms with Gasteiger partial charge in [-0.1, -0.05) is 17.7 Å². The van der Waals surface area contributed by atoms with Crippen LogP contribution >= 0.6 is 11.6 Å².